The highest BCUT2D eigenvalue weighted by Gasteiger charge is 2.29. The first-order valence-electron chi connectivity index (χ1n) is 12.8. The fraction of sp³-hybridized carbons (Fsp3) is 0.152. The fourth-order valence-corrected chi connectivity index (χ4v) is 5.66. The largest absolute Gasteiger partial charge is 0.335 e. The molecule has 2 amide bonds. The number of para-hydroxylation sites is 1. The molecule has 0 N–H and O–H groups in total. The molecule has 38 heavy (non-hydrogen) atoms. The standard InChI is InChI=1S/C33H30N2O2S/c1-3-34(22-26-11-5-4-6-12-26)32(36)28-18-16-25(17-19-28)21-31-33(37)35(23-27-13-9-10-24(2)20-27)29-14-7-8-15-30(29)38-31/h4-21H,3,22-23H2,1-2H3/b31-21+. The highest BCUT2D eigenvalue weighted by atomic mass is 32.2. The normalized spacial score (nSPS) is 13.9. The van der Waals surface area contributed by atoms with Crippen molar-refractivity contribution < 1.29 is 9.59 Å². The summed E-state index contributed by atoms with van der Waals surface area (Å²) in [5.74, 6) is -0.0210. The average Bonchev–Trinajstić information content (AvgIpc) is 2.94. The molecule has 0 bridgehead atoms. The van der Waals surface area contributed by atoms with Crippen LogP contribution in [-0.4, -0.2) is 23.3 Å². The Kier molecular flexibility index (Phi) is 7.75. The van der Waals surface area contributed by atoms with Crippen LogP contribution in [0.1, 0.15) is 39.5 Å². The predicted molar refractivity (Wildman–Crippen MR) is 156 cm³/mol. The third-order valence-electron chi connectivity index (χ3n) is 6.60. The lowest BCUT2D eigenvalue weighted by atomic mass is 10.1. The third kappa shape index (κ3) is 5.74. The summed E-state index contributed by atoms with van der Waals surface area (Å²) in [5, 5.41) is 0. The SMILES string of the molecule is CCN(Cc1ccccc1)C(=O)c1ccc(/C=C2/Sc3ccccc3N(Cc3cccc(C)c3)C2=O)cc1. The minimum atomic E-state index is -0.0182. The number of carbonyl (C=O) groups excluding carboxylic acids is 2. The van der Waals surface area contributed by atoms with Crippen LogP contribution >= 0.6 is 11.8 Å². The van der Waals surface area contributed by atoms with Crippen LogP contribution in [0.4, 0.5) is 5.69 Å². The Morgan fingerprint density at radius 3 is 2.32 bits per heavy atom. The molecule has 0 atom stereocenters. The van der Waals surface area contributed by atoms with Crippen LogP contribution < -0.4 is 4.90 Å². The lowest BCUT2D eigenvalue weighted by Gasteiger charge is -2.30. The second-order valence-electron chi connectivity index (χ2n) is 9.39. The van der Waals surface area contributed by atoms with Gasteiger partial charge in [-0.15, -0.1) is 0 Å². The van der Waals surface area contributed by atoms with Crippen LogP contribution in [0.25, 0.3) is 6.08 Å². The number of rotatable bonds is 7. The van der Waals surface area contributed by atoms with Gasteiger partial charge in [-0.2, -0.15) is 0 Å². The number of anilines is 1. The Balaban J connectivity index is 1.37. The number of nitrogens with zero attached hydrogens (tertiary/aromatic N) is 2. The Bertz CT molecular complexity index is 1480. The molecule has 0 aromatic heterocycles. The van der Waals surface area contributed by atoms with Crippen molar-refractivity contribution in [1.29, 1.82) is 0 Å². The Morgan fingerprint density at radius 1 is 0.868 bits per heavy atom. The number of hydrogen-bond donors (Lipinski definition) is 0. The number of hydrogen-bond acceptors (Lipinski definition) is 3. The van der Waals surface area contributed by atoms with Gasteiger partial charge in [0.2, 0.25) is 0 Å². The fourth-order valence-electron chi connectivity index (χ4n) is 4.60. The molecule has 4 aromatic rings. The van der Waals surface area contributed by atoms with E-state index >= 15 is 0 Å². The van der Waals surface area contributed by atoms with Crippen molar-refractivity contribution in [1.82, 2.24) is 4.90 Å². The van der Waals surface area contributed by atoms with Gasteiger partial charge in [0, 0.05) is 23.5 Å². The molecule has 0 saturated carbocycles. The smallest absolute Gasteiger partial charge is 0.265 e. The molecular weight excluding hydrogens is 488 g/mol. The molecule has 1 heterocycles. The maximum Gasteiger partial charge on any atom is 0.265 e. The van der Waals surface area contributed by atoms with Crippen LogP contribution in [0.2, 0.25) is 0 Å². The summed E-state index contributed by atoms with van der Waals surface area (Å²) in [6.07, 6.45) is 1.92. The molecular formula is C33H30N2O2S. The van der Waals surface area contributed by atoms with E-state index in [0.29, 0.717) is 30.1 Å². The van der Waals surface area contributed by atoms with Gasteiger partial charge in [0.05, 0.1) is 17.1 Å². The van der Waals surface area contributed by atoms with Gasteiger partial charge in [-0.3, -0.25) is 9.59 Å². The maximum absolute atomic E-state index is 13.6. The third-order valence-corrected chi connectivity index (χ3v) is 7.67. The highest BCUT2D eigenvalue weighted by molar-refractivity contribution is 8.04. The highest BCUT2D eigenvalue weighted by Crippen LogP contribution is 2.42. The Morgan fingerprint density at radius 2 is 1.58 bits per heavy atom. The number of aryl methyl sites for hydroxylation is 1. The van der Waals surface area contributed by atoms with E-state index < -0.39 is 0 Å². The first kappa shape index (κ1) is 25.6. The van der Waals surface area contributed by atoms with E-state index in [2.05, 4.69) is 31.2 Å². The van der Waals surface area contributed by atoms with Crippen LogP contribution in [-0.2, 0) is 17.9 Å². The molecule has 190 valence electrons. The number of carbonyl (C=O) groups is 2. The lowest BCUT2D eigenvalue weighted by molar-refractivity contribution is -0.114. The van der Waals surface area contributed by atoms with Gasteiger partial charge in [0.15, 0.2) is 0 Å². The van der Waals surface area contributed by atoms with Gasteiger partial charge in [-0.05, 0) is 60.9 Å². The average molecular weight is 519 g/mol. The summed E-state index contributed by atoms with van der Waals surface area (Å²) in [5.41, 5.74) is 5.83. The zero-order chi connectivity index (χ0) is 26.5. The molecule has 4 aromatic carbocycles. The Labute approximate surface area is 228 Å². The number of benzene rings is 4. The molecule has 5 rings (SSSR count). The zero-order valence-electron chi connectivity index (χ0n) is 21.6. The van der Waals surface area contributed by atoms with Gasteiger partial charge < -0.3 is 9.80 Å². The summed E-state index contributed by atoms with van der Waals surface area (Å²) < 4.78 is 0. The van der Waals surface area contributed by atoms with Gasteiger partial charge in [0.25, 0.3) is 11.8 Å². The summed E-state index contributed by atoms with van der Waals surface area (Å²) in [6.45, 7) is 5.76. The van der Waals surface area contributed by atoms with Gasteiger partial charge >= 0.3 is 0 Å². The van der Waals surface area contributed by atoms with Crippen molar-refractivity contribution >= 4 is 35.3 Å². The second-order valence-corrected chi connectivity index (χ2v) is 10.5. The summed E-state index contributed by atoms with van der Waals surface area (Å²) in [7, 11) is 0. The first-order chi connectivity index (χ1) is 18.5. The minimum absolute atomic E-state index is 0.00284. The molecule has 4 nitrogen and oxygen atoms in total. The van der Waals surface area contributed by atoms with E-state index in [9.17, 15) is 9.59 Å². The van der Waals surface area contributed by atoms with E-state index in [1.807, 2.05) is 102 Å². The lowest BCUT2D eigenvalue weighted by Crippen LogP contribution is -2.33. The van der Waals surface area contributed by atoms with E-state index in [-0.39, 0.29) is 11.8 Å². The van der Waals surface area contributed by atoms with Crippen molar-refractivity contribution in [3.63, 3.8) is 0 Å². The molecule has 0 fully saturated rings. The molecule has 0 unspecified atom stereocenters. The second kappa shape index (κ2) is 11.5. The van der Waals surface area contributed by atoms with Crippen LogP contribution in [0.3, 0.4) is 0 Å². The van der Waals surface area contributed by atoms with Crippen molar-refractivity contribution in [2.45, 2.75) is 31.8 Å². The van der Waals surface area contributed by atoms with Crippen LogP contribution in [0.5, 0.6) is 0 Å². The molecule has 1 aliphatic heterocycles. The van der Waals surface area contributed by atoms with Crippen molar-refractivity contribution in [2.75, 3.05) is 11.4 Å². The predicted octanol–water partition coefficient (Wildman–Crippen LogP) is 7.34. The zero-order valence-corrected chi connectivity index (χ0v) is 22.4. The molecule has 0 radical (unpaired) electrons. The molecule has 0 aliphatic carbocycles. The van der Waals surface area contributed by atoms with E-state index in [0.717, 1.165) is 27.3 Å². The summed E-state index contributed by atoms with van der Waals surface area (Å²) >= 11 is 1.49. The summed E-state index contributed by atoms with van der Waals surface area (Å²) in [6, 6.07) is 33.8. The van der Waals surface area contributed by atoms with Crippen molar-refractivity contribution in [3.8, 4) is 0 Å². The van der Waals surface area contributed by atoms with Crippen LogP contribution in [0.15, 0.2) is 113 Å². The molecule has 1 aliphatic rings. The van der Waals surface area contributed by atoms with Gasteiger partial charge in [-0.1, -0.05) is 96.2 Å². The number of fused-ring (bicyclic) bond motifs is 1. The monoisotopic (exact) mass is 518 g/mol. The first-order valence-corrected chi connectivity index (χ1v) is 13.6. The van der Waals surface area contributed by atoms with Crippen molar-refractivity contribution in [2.24, 2.45) is 0 Å². The van der Waals surface area contributed by atoms with E-state index in [4.69, 9.17) is 0 Å². The minimum Gasteiger partial charge on any atom is -0.335 e. The van der Waals surface area contributed by atoms with Crippen LogP contribution in [0, 0.1) is 6.92 Å². The van der Waals surface area contributed by atoms with Gasteiger partial charge in [0.1, 0.15) is 0 Å². The Hall–Kier alpha value is -4.09. The van der Waals surface area contributed by atoms with Gasteiger partial charge in [-0.25, -0.2) is 0 Å². The topological polar surface area (TPSA) is 40.6 Å². The van der Waals surface area contributed by atoms with Crippen molar-refractivity contribution in [3.05, 3.63) is 136 Å². The molecule has 0 spiro atoms. The van der Waals surface area contributed by atoms with E-state index in [1.165, 1.54) is 17.3 Å². The maximum atomic E-state index is 13.6. The summed E-state index contributed by atoms with van der Waals surface area (Å²) in [4.78, 5) is 32.2. The number of thioether (sulfide) groups is 1. The molecule has 5 heteroatoms. The van der Waals surface area contributed by atoms with E-state index in [1.54, 1.807) is 0 Å². The quantitative estimate of drug-likeness (QED) is 0.240. The molecule has 0 saturated heterocycles. The number of amides is 2.